The maximum atomic E-state index is 11.1. The summed E-state index contributed by atoms with van der Waals surface area (Å²) in [4.78, 5) is 13.4. The van der Waals surface area contributed by atoms with Crippen LogP contribution in [0.1, 0.15) is 21.5 Å². The van der Waals surface area contributed by atoms with Gasteiger partial charge in [-0.3, -0.25) is 4.79 Å². The van der Waals surface area contributed by atoms with Crippen molar-refractivity contribution in [1.29, 1.82) is 0 Å². The van der Waals surface area contributed by atoms with Crippen molar-refractivity contribution in [3.05, 3.63) is 65.2 Å². The van der Waals surface area contributed by atoms with Gasteiger partial charge in [0.05, 0.1) is 0 Å². The summed E-state index contributed by atoms with van der Waals surface area (Å²) >= 11 is 0. The number of benzene rings is 2. The van der Waals surface area contributed by atoms with Crippen LogP contribution in [-0.4, -0.2) is 12.5 Å². The molecule has 1 aliphatic heterocycles. The van der Waals surface area contributed by atoms with Crippen LogP contribution in [0.2, 0.25) is 0 Å². The number of carbonyl (C=O) groups excluding carboxylic acids is 1. The van der Waals surface area contributed by atoms with E-state index in [1.54, 1.807) is 12.1 Å². The molecule has 1 aliphatic rings. The highest BCUT2D eigenvalue weighted by Crippen LogP contribution is 2.24. The van der Waals surface area contributed by atoms with E-state index in [-0.39, 0.29) is 5.91 Å². The number of nitrogens with two attached hydrogens (primary N) is 1. The first kappa shape index (κ1) is 11.8. The molecule has 0 bridgehead atoms. The van der Waals surface area contributed by atoms with Crippen LogP contribution in [0.15, 0.2) is 48.5 Å². The number of fused-ring (bicyclic) bond motifs is 1. The topological polar surface area (TPSA) is 46.3 Å². The molecule has 2 aromatic carbocycles. The number of hydrogen-bond acceptors (Lipinski definition) is 2. The molecule has 0 saturated heterocycles. The van der Waals surface area contributed by atoms with Gasteiger partial charge in [-0.05, 0) is 41.8 Å². The highest BCUT2D eigenvalue weighted by atomic mass is 16.1. The van der Waals surface area contributed by atoms with E-state index in [1.165, 1.54) is 11.1 Å². The van der Waals surface area contributed by atoms with Gasteiger partial charge in [-0.1, -0.05) is 24.3 Å². The van der Waals surface area contributed by atoms with Gasteiger partial charge in [0.2, 0.25) is 5.91 Å². The van der Waals surface area contributed by atoms with Crippen molar-refractivity contribution in [3.63, 3.8) is 0 Å². The van der Waals surface area contributed by atoms with Gasteiger partial charge < -0.3 is 10.6 Å². The van der Waals surface area contributed by atoms with Gasteiger partial charge in [0, 0.05) is 24.3 Å². The number of primary amides is 1. The molecule has 96 valence electrons. The van der Waals surface area contributed by atoms with Crippen LogP contribution in [-0.2, 0) is 13.0 Å². The zero-order chi connectivity index (χ0) is 13.2. The summed E-state index contributed by atoms with van der Waals surface area (Å²) in [6.45, 7) is 1.93. The van der Waals surface area contributed by atoms with Gasteiger partial charge >= 0.3 is 0 Å². The van der Waals surface area contributed by atoms with E-state index in [0.29, 0.717) is 5.56 Å². The Balaban J connectivity index is 1.83. The van der Waals surface area contributed by atoms with Crippen molar-refractivity contribution in [3.8, 4) is 0 Å². The molecule has 3 rings (SSSR count). The van der Waals surface area contributed by atoms with Crippen LogP contribution in [0.3, 0.4) is 0 Å². The first-order chi connectivity index (χ1) is 9.24. The van der Waals surface area contributed by atoms with Crippen molar-refractivity contribution in [2.24, 2.45) is 5.73 Å². The van der Waals surface area contributed by atoms with E-state index in [1.807, 2.05) is 12.1 Å². The average molecular weight is 252 g/mol. The molecule has 1 heterocycles. The van der Waals surface area contributed by atoms with E-state index in [0.717, 1.165) is 25.2 Å². The van der Waals surface area contributed by atoms with Crippen LogP contribution in [0.5, 0.6) is 0 Å². The minimum Gasteiger partial charge on any atom is -0.367 e. The number of carbonyl (C=O) groups is 1. The summed E-state index contributed by atoms with van der Waals surface area (Å²) in [6, 6.07) is 16.1. The Morgan fingerprint density at radius 1 is 1.00 bits per heavy atom. The summed E-state index contributed by atoms with van der Waals surface area (Å²) in [7, 11) is 0. The third-order valence-electron chi connectivity index (χ3n) is 3.65. The van der Waals surface area contributed by atoms with Crippen molar-refractivity contribution < 1.29 is 4.79 Å². The molecule has 0 saturated carbocycles. The summed E-state index contributed by atoms with van der Waals surface area (Å²) in [5.74, 6) is -0.379. The standard InChI is InChI=1S/C16H16N2O/c17-16(19)13-5-7-15(8-6-13)18-10-9-12-3-1-2-4-14(12)11-18/h1-8H,9-11H2,(H2,17,19). The minimum atomic E-state index is -0.379. The molecule has 0 unspecified atom stereocenters. The first-order valence-electron chi connectivity index (χ1n) is 6.45. The lowest BCUT2D eigenvalue weighted by Gasteiger charge is -2.30. The van der Waals surface area contributed by atoms with Crippen LogP contribution >= 0.6 is 0 Å². The van der Waals surface area contributed by atoms with E-state index < -0.39 is 0 Å². The molecule has 0 atom stereocenters. The summed E-state index contributed by atoms with van der Waals surface area (Å²) in [5, 5.41) is 0. The van der Waals surface area contributed by atoms with Gasteiger partial charge in [0.1, 0.15) is 0 Å². The summed E-state index contributed by atoms with van der Waals surface area (Å²) in [5.41, 5.74) is 9.77. The second kappa shape index (κ2) is 4.76. The number of rotatable bonds is 2. The molecule has 3 heteroatoms. The second-order valence-corrected chi connectivity index (χ2v) is 4.85. The average Bonchev–Trinajstić information content (AvgIpc) is 2.47. The smallest absolute Gasteiger partial charge is 0.248 e. The Hall–Kier alpha value is -2.29. The van der Waals surface area contributed by atoms with Crippen LogP contribution in [0.4, 0.5) is 5.69 Å². The van der Waals surface area contributed by atoms with Crippen LogP contribution in [0, 0.1) is 0 Å². The fraction of sp³-hybridized carbons (Fsp3) is 0.188. The maximum absolute atomic E-state index is 11.1. The molecule has 19 heavy (non-hydrogen) atoms. The number of nitrogens with zero attached hydrogens (tertiary/aromatic N) is 1. The monoisotopic (exact) mass is 252 g/mol. The molecule has 2 N–H and O–H groups in total. The van der Waals surface area contributed by atoms with Gasteiger partial charge in [-0.2, -0.15) is 0 Å². The van der Waals surface area contributed by atoms with Crippen molar-refractivity contribution in [1.82, 2.24) is 0 Å². The van der Waals surface area contributed by atoms with Crippen molar-refractivity contribution in [2.75, 3.05) is 11.4 Å². The number of amides is 1. The lowest BCUT2D eigenvalue weighted by Crippen LogP contribution is -2.30. The lowest BCUT2D eigenvalue weighted by atomic mass is 9.99. The Bertz CT molecular complexity index is 604. The van der Waals surface area contributed by atoms with E-state index in [2.05, 4.69) is 29.2 Å². The molecule has 0 aromatic heterocycles. The largest absolute Gasteiger partial charge is 0.367 e. The Kier molecular flexibility index (Phi) is 2.95. The fourth-order valence-electron chi connectivity index (χ4n) is 2.55. The number of anilines is 1. The lowest BCUT2D eigenvalue weighted by molar-refractivity contribution is 0.100. The van der Waals surface area contributed by atoms with Crippen LogP contribution < -0.4 is 10.6 Å². The van der Waals surface area contributed by atoms with E-state index in [9.17, 15) is 4.79 Å². The predicted octanol–water partition coefficient (Wildman–Crippen LogP) is 2.35. The van der Waals surface area contributed by atoms with Gasteiger partial charge in [-0.15, -0.1) is 0 Å². The molecule has 0 fully saturated rings. The van der Waals surface area contributed by atoms with Crippen LogP contribution in [0.25, 0.3) is 0 Å². The Labute approximate surface area is 112 Å². The highest BCUT2D eigenvalue weighted by molar-refractivity contribution is 5.93. The summed E-state index contributed by atoms with van der Waals surface area (Å²) < 4.78 is 0. The van der Waals surface area contributed by atoms with Crippen molar-refractivity contribution in [2.45, 2.75) is 13.0 Å². The molecule has 0 aliphatic carbocycles. The second-order valence-electron chi connectivity index (χ2n) is 4.85. The summed E-state index contributed by atoms with van der Waals surface area (Å²) in [6.07, 6.45) is 1.06. The SMILES string of the molecule is NC(=O)c1ccc(N2CCc3ccccc3C2)cc1. The normalized spacial score (nSPS) is 14.0. The molecule has 3 nitrogen and oxygen atoms in total. The van der Waals surface area contributed by atoms with Gasteiger partial charge in [-0.25, -0.2) is 0 Å². The maximum Gasteiger partial charge on any atom is 0.248 e. The molecule has 0 radical (unpaired) electrons. The Morgan fingerprint density at radius 3 is 2.37 bits per heavy atom. The Morgan fingerprint density at radius 2 is 1.68 bits per heavy atom. The predicted molar refractivity (Wildman–Crippen MR) is 76.2 cm³/mol. The zero-order valence-corrected chi connectivity index (χ0v) is 10.7. The van der Waals surface area contributed by atoms with E-state index in [4.69, 9.17) is 5.73 Å². The third-order valence-corrected chi connectivity index (χ3v) is 3.65. The van der Waals surface area contributed by atoms with Crippen molar-refractivity contribution >= 4 is 11.6 Å². The molecular weight excluding hydrogens is 236 g/mol. The third kappa shape index (κ3) is 2.32. The fourth-order valence-corrected chi connectivity index (χ4v) is 2.55. The highest BCUT2D eigenvalue weighted by Gasteiger charge is 2.16. The zero-order valence-electron chi connectivity index (χ0n) is 10.7. The number of hydrogen-bond donors (Lipinski definition) is 1. The molecule has 0 spiro atoms. The van der Waals surface area contributed by atoms with E-state index >= 15 is 0 Å². The molecule has 1 amide bonds. The minimum absolute atomic E-state index is 0.379. The quantitative estimate of drug-likeness (QED) is 0.891. The van der Waals surface area contributed by atoms with Gasteiger partial charge in [0.25, 0.3) is 0 Å². The first-order valence-corrected chi connectivity index (χ1v) is 6.45. The molecule has 2 aromatic rings. The van der Waals surface area contributed by atoms with Gasteiger partial charge in [0.15, 0.2) is 0 Å². The molecular formula is C16H16N2O.